The number of hydrogen-bond donors (Lipinski definition) is 2. The maximum Gasteiger partial charge on any atom is 0.299 e. The van der Waals surface area contributed by atoms with E-state index in [1.165, 1.54) is 12.5 Å². The van der Waals surface area contributed by atoms with E-state index in [0.29, 0.717) is 29.2 Å². The van der Waals surface area contributed by atoms with Gasteiger partial charge in [-0.25, -0.2) is 4.39 Å². The lowest BCUT2D eigenvalue weighted by atomic mass is 9.75. The van der Waals surface area contributed by atoms with E-state index < -0.39 is 11.7 Å². The lowest BCUT2D eigenvalue weighted by Crippen LogP contribution is -2.55. The van der Waals surface area contributed by atoms with Gasteiger partial charge < -0.3 is 25.3 Å². The number of carbonyl (C=O) groups excluding carboxylic acids is 1. The predicted octanol–water partition coefficient (Wildman–Crippen LogP) is 3.40. The molecule has 3 N–H and O–H groups in total. The Kier molecular flexibility index (Phi) is 6.40. The summed E-state index contributed by atoms with van der Waals surface area (Å²) in [5.74, 6) is -0.927. The summed E-state index contributed by atoms with van der Waals surface area (Å²) >= 11 is 0. The molecule has 0 saturated carbocycles. The van der Waals surface area contributed by atoms with Crippen LogP contribution >= 0.6 is 12.4 Å². The van der Waals surface area contributed by atoms with Crippen molar-refractivity contribution in [2.45, 2.75) is 76.0 Å². The molecule has 2 bridgehead atoms. The highest BCUT2D eigenvalue weighted by atomic mass is 35.5. The number of benzene rings is 1. The molecule has 3 fully saturated rings. The monoisotopic (exact) mass is 465 g/mol. The van der Waals surface area contributed by atoms with Crippen LogP contribution in [0.5, 0.6) is 0 Å². The molecule has 2 unspecified atom stereocenters. The van der Waals surface area contributed by atoms with Gasteiger partial charge in [0.1, 0.15) is 5.52 Å². The van der Waals surface area contributed by atoms with E-state index >= 15 is 4.39 Å². The fourth-order valence-corrected chi connectivity index (χ4v) is 6.12. The number of carbonyl (C=O) groups is 1. The van der Waals surface area contributed by atoms with Gasteiger partial charge in [-0.05, 0) is 64.1 Å². The molecular weight excluding hydrogens is 433 g/mol. The molecule has 4 atom stereocenters. The van der Waals surface area contributed by atoms with Crippen LogP contribution in [0.1, 0.15) is 67.8 Å². The molecule has 32 heavy (non-hydrogen) atoms. The first-order chi connectivity index (χ1) is 14.8. The molecule has 7 nitrogen and oxygen atoms in total. The van der Waals surface area contributed by atoms with E-state index in [-0.39, 0.29) is 41.5 Å². The number of anilines is 1. The molecular formula is C23H33ClFN5O2. The van der Waals surface area contributed by atoms with Crippen LogP contribution in [0.15, 0.2) is 10.5 Å². The van der Waals surface area contributed by atoms with Crippen LogP contribution in [-0.4, -0.2) is 60.1 Å². The standard InChI is InChI=1S/C23H32FN5O2.ClH/c1-12-10-26-11-13(2)29(12)23-27-20-19(22(25)30)17(9-18(24)21(20)31-23)14-7-15-5-4-6-16(8-14)28(15)3;/h9,12-16,26H,4-8,10-11H2,1-3H3,(H2,25,30);1H/t12-,13-,14?,15?,16?;/m0./s1. The highest BCUT2D eigenvalue weighted by Crippen LogP contribution is 2.43. The Morgan fingerprint density at radius 2 is 1.84 bits per heavy atom. The summed E-state index contributed by atoms with van der Waals surface area (Å²) in [6, 6.07) is 3.05. The highest BCUT2D eigenvalue weighted by molar-refractivity contribution is 6.05. The minimum Gasteiger partial charge on any atom is -0.420 e. The van der Waals surface area contributed by atoms with Crippen molar-refractivity contribution in [3.05, 3.63) is 23.0 Å². The van der Waals surface area contributed by atoms with Crippen LogP contribution in [0, 0.1) is 5.82 Å². The molecule has 9 heteroatoms. The van der Waals surface area contributed by atoms with Crippen molar-refractivity contribution < 1.29 is 13.6 Å². The van der Waals surface area contributed by atoms with E-state index in [0.717, 1.165) is 38.8 Å². The number of fused-ring (bicyclic) bond motifs is 3. The number of hydrogen-bond acceptors (Lipinski definition) is 6. The molecule has 3 saturated heterocycles. The van der Waals surface area contributed by atoms with Crippen LogP contribution < -0.4 is 16.0 Å². The summed E-state index contributed by atoms with van der Waals surface area (Å²) in [4.78, 5) is 21.8. The third kappa shape index (κ3) is 3.76. The van der Waals surface area contributed by atoms with Gasteiger partial charge in [-0.1, -0.05) is 6.42 Å². The zero-order valence-electron chi connectivity index (χ0n) is 18.9. The zero-order chi connectivity index (χ0) is 21.9. The lowest BCUT2D eigenvalue weighted by Gasteiger charge is -2.47. The first kappa shape index (κ1) is 23.3. The molecule has 1 aromatic heterocycles. The fourth-order valence-electron chi connectivity index (χ4n) is 6.12. The number of nitrogens with zero attached hydrogens (tertiary/aromatic N) is 3. The molecule has 1 amide bonds. The van der Waals surface area contributed by atoms with Gasteiger partial charge in [-0.3, -0.25) is 4.79 Å². The summed E-state index contributed by atoms with van der Waals surface area (Å²) < 4.78 is 21.2. The lowest BCUT2D eigenvalue weighted by molar-refractivity contribution is 0.0552. The molecule has 0 spiro atoms. The van der Waals surface area contributed by atoms with Gasteiger partial charge in [0, 0.05) is 37.3 Å². The van der Waals surface area contributed by atoms with Crippen molar-refractivity contribution in [3.63, 3.8) is 0 Å². The summed E-state index contributed by atoms with van der Waals surface area (Å²) in [5, 5.41) is 3.37. The van der Waals surface area contributed by atoms with Crippen molar-refractivity contribution in [2.24, 2.45) is 5.73 Å². The van der Waals surface area contributed by atoms with Gasteiger partial charge in [0.25, 0.3) is 11.9 Å². The zero-order valence-corrected chi connectivity index (χ0v) is 19.8. The van der Waals surface area contributed by atoms with Crippen LogP contribution in [0.2, 0.25) is 0 Å². The number of oxazole rings is 1. The van der Waals surface area contributed by atoms with Crippen LogP contribution in [-0.2, 0) is 0 Å². The van der Waals surface area contributed by atoms with Crippen molar-refractivity contribution in [1.82, 2.24) is 15.2 Å². The number of halogens is 2. The van der Waals surface area contributed by atoms with Gasteiger partial charge in [0.15, 0.2) is 11.4 Å². The Labute approximate surface area is 194 Å². The van der Waals surface area contributed by atoms with Crippen LogP contribution in [0.3, 0.4) is 0 Å². The largest absolute Gasteiger partial charge is 0.420 e. The molecule has 2 aromatic rings. The number of nitrogens with two attached hydrogens (primary N) is 1. The van der Waals surface area contributed by atoms with E-state index in [1.54, 1.807) is 0 Å². The molecule has 4 heterocycles. The number of piperidine rings is 2. The molecule has 0 aliphatic carbocycles. The first-order valence-electron chi connectivity index (χ1n) is 11.5. The molecule has 3 aliphatic rings. The number of nitrogens with one attached hydrogen (secondary N) is 1. The second-order valence-corrected chi connectivity index (χ2v) is 9.70. The predicted molar refractivity (Wildman–Crippen MR) is 125 cm³/mol. The minimum absolute atomic E-state index is 0. The van der Waals surface area contributed by atoms with Gasteiger partial charge in [0.05, 0.1) is 5.56 Å². The van der Waals surface area contributed by atoms with Gasteiger partial charge >= 0.3 is 0 Å². The number of primary amides is 1. The topological polar surface area (TPSA) is 87.6 Å². The Morgan fingerprint density at radius 1 is 1.22 bits per heavy atom. The second kappa shape index (κ2) is 8.80. The third-order valence-electron chi connectivity index (χ3n) is 7.72. The van der Waals surface area contributed by atoms with Crippen molar-refractivity contribution >= 4 is 35.4 Å². The van der Waals surface area contributed by atoms with Crippen molar-refractivity contribution in [3.8, 4) is 0 Å². The molecule has 176 valence electrons. The molecule has 5 rings (SSSR count). The summed E-state index contributed by atoms with van der Waals surface area (Å²) in [7, 11) is 2.18. The Bertz CT molecular complexity index is 990. The average Bonchev–Trinajstić information content (AvgIpc) is 3.12. The Balaban J connectivity index is 0.00000245. The molecule has 1 aromatic carbocycles. The van der Waals surface area contributed by atoms with Gasteiger partial charge in [0.2, 0.25) is 0 Å². The van der Waals surface area contributed by atoms with E-state index in [9.17, 15) is 4.79 Å². The highest BCUT2D eigenvalue weighted by Gasteiger charge is 2.39. The fraction of sp³-hybridized carbons (Fsp3) is 0.652. The van der Waals surface area contributed by atoms with Gasteiger partial charge in [-0.15, -0.1) is 12.4 Å². The van der Waals surface area contributed by atoms with Crippen molar-refractivity contribution in [1.29, 1.82) is 0 Å². The maximum atomic E-state index is 15.3. The third-order valence-corrected chi connectivity index (χ3v) is 7.72. The van der Waals surface area contributed by atoms with Crippen LogP contribution in [0.25, 0.3) is 11.1 Å². The molecule has 3 aliphatic heterocycles. The van der Waals surface area contributed by atoms with Crippen LogP contribution in [0.4, 0.5) is 10.4 Å². The summed E-state index contributed by atoms with van der Waals surface area (Å²) in [6.07, 6.45) is 5.35. The Morgan fingerprint density at radius 3 is 2.44 bits per heavy atom. The number of aromatic nitrogens is 1. The number of amides is 1. The molecule has 0 radical (unpaired) electrons. The summed E-state index contributed by atoms with van der Waals surface area (Å²) in [5.41, 5.74) is 7.16. The van der Waals surface area contributed by atoms with E-state index in [1.807, 2.05) is 0 Å². The summed E-state index contributed by atoms with van der Waals surface area (Å²) in [6.45, 7) is 5.73. The first-order valence-corrected chi connectivity index (χ1v) is 11.5. The van der Waals surface area contributed by atoms with Crippen molar-refractivity contribution in [2.75, 3.05) is 25.0 Å². The number of piperazine rings is 1. The quantitative estimate of drug-likeness (QED) is 0.722. The average molecular weight is 466 g/mol. The number of rotatable bonds is 3. The van der Waals surface area contributed by atoms with E-state index in [4.69, 9.17) is 10.2 Å². The normalized spacial score (nSPS) is 30.9. The van der Waals surface area contributed by atoms with E-state index in [2.05, 4.69) is 41.0 Å². The Hall–Kier alpha value is -1.90. The smallest absolute Gasteiger partial charge is 0.299 e. The SMILES string of the molecule is C[C@H]1CNC[C@H](C)N1c1nc2c(C(N)=O)c(C3CC4CCCC(C3)N4C)cc(F)c2o1.Cl. The minimum atomic E-state index is -0.564. The maximum absolute atomic E-state index is 15.3. The van der Waals surface area contributed by atoms with Gasteiger partial charge in [-0.2, -0.15) is 4.98 Å². The second-order valence-electron chi connectivity index (χ2n) is 9.70.